The zero-order chi connectivity index (χ0) is 27.1. The first-order chi connectivity index (χ1) is 19.7. The summed E-state index contributed by atoms with van der Waals surface area (Å²) in [4.78, 5) is 0. The molecule has 0 bridgehead atoms. The fourth-order valence-corrected chi connectivity index (χ4v) is 5.56. The summed E-state index contributed by atoms with van der Waals surface area (Å²) in [5, 5.41) is 9.99. The average molecular weight is 515 g/mol. The lowest BCUT2D eigenvalue weighted by Crippen LogP contribution is -2.11. The van der Waals surface area contributed by atoms with Gasteiger partial charge < -0.3 is 10.2 Å². The predicted molar refractivity (Wildman–Crippen MR) is 166 cm³/mol. The molecule has 0 aliphatic heterocycles. The molecule has 7 rings (SSSR count). The van der Waals surface area contributed by atoms with Crippen molar-refractivity contribution >= 4 is 27.8 Å². The molecule has 3 nitrogen and oxygen atoms in total. The van der Waals surface area contributed by atoms with Crippen LogP contribution in [-0.4, -0.2) is 5.84 Å². The molecule has 1 aromatic heterocycles. The van der Waals surface area contributed by atoms with E-state index in [0.717, 1.165) is 44.2 Å². The highest BCUT2D eigenvalue weighted by molar-refractivity contribution is 6.20. The molecule has 0 amide bonds. The van der Waals surface area contributed by atoms with Crippen LogP contribution in [0.3, 0.4) is 0 Å². The SMILES string of the molecule is N=C(N)c1cccc2oc3cccc(-c4ccc(-c5cc(-c6ccccc6)cc(-c6ccccc6)c5)cc4)c3c12. The van der Waals surface area contributed by atoms with Crippen molar-refractivity contribution in [2.75, 3.05) is 0 Å². The monoisotopic (exact) mass is 514 g/mol. The van der Waals surface area contributed by atoms with Crippen molar-refractivity contribution in [3.05, 3.63) is 145 Å². The molecule has 0 saturated carbocycles. The largest absolute Gasteiger partial charge is 0.456 e. The summed E-state index contributed by atoms with van der Waals surface area (Å²) in [6.45, 7) is 0. The second kappa shape index (κ2) is 9.72. The van der Waals surface area contributed by atoms with Crippen molar-refractivity contribution in [2.45, 2.75) is 0 Å². The first-order valence-electron chi connectivity index (χ1n) is 13.3. The van der Waals surface area contributed by atoms with Crippen molar-refractivity contribution in [1.82, 2.24) is 0 Å². The maximum Gasteiger partial charge on any atom is 0.136 e. The highest BCUT2D eigenvalue weighted by atomic mass is 16.3. The molecule has 3 heteroatoms. The van der Waals surface area contributed by atoms with Gasteiger partial charge in [0.15, 0.2) is 0 Å². The van der Waals surface area contributed by atoms with Gasteiger partial charge in [-0.1, -0.05) is 109 Å². The van der Waals surface area contributed by atoms with E-state index in [-0.39, 0.29) is 5.84 Å². The minimum absolute atomic E-state index is 0.0333. The maximum absolute atomic E-state index is 8.12. The van der Waals surface area contributed by atoms with E-state index in [1.165, 1.54) is 22.3 Å². The Bertz CT molecular complexity index is 1950. The molecule has 0 spiro atoms. The average Bonchev–Trinajstić information content (AvgIpc) is 3.41. The third-order valence-electron chi connectivity index (χ3n) is 7.49. The van der Waals surface area contributed by atoms with Gasteiger partial charge in [0.05, 0.1) is 0 Å². The first kappa shape index (κ1) is 23.7. The summed E-state index contributed by atoms with van der Waals surface area (Å²) in [5.74, 6) is 0.0333. The molecule has 7 aromatic rings. The number of hydrogen-bond donors (Lipinski definition) is 2. The van der Waals surface area contributed by atoms with Gasteiger partial charge in [-0.05, 0) is 74.8 Å². The summed E-state index contributed by atoms with van der Waals surface area (Å²) in [6, 6.07) is 48.3. The Morgan fingerprint density at radius 3 is 1.48 bits per heavy atom. The lowest BCUT2D eigenvalue weighted by molar-refractivity contribution is 0.669. The van der Waals surface area contributed by atoms with Gasteiger partial charge in [0.25, 0.3) is 0 Å². The third-order valence-corrected chi connectivity index (χ3v) is 7.49. The fourth-order valence-electron chi connectivity index (χ4n) is 5.56. The van der Waals surface area contributed by atoms with Gasteiger partial charge in [0.1, 0.15) is 17.0 Å². The van der Waals surface area contributed by atoms with Gasteiger partial charge >= 0.3 is 0 Å². The lowest BCUT2D eigenvalue weighted by atomic mass is 9.92. The highest BCUT2D eigenvalue weighted by Gasteiger charge is 2.17. The van der Waals surface area contributed by atoms with Crippen LogP contribution in [0.2, 0.25) is 0 Å². The first-order valence-corrected chi connectivity index (χ1v) is 13.3. The van der Waals surface area contributed by atoms with Crippen molar-refractivity contribution in [2.24, 2.45) is 5.73 Å². The summed E-state index contributed by atoms with van der Waals surface area (Å²) >= 11 is 0. The van der Waals surface area contributed by atoms with Crippen LogP contribution >= 0.6 is 0 Å². The number of fused-ring (bicyclic) bond motifs is 3. The number of furan rings is 1. The van der Waals surface area contributed by atoms with E-state index in [2.05, 4.69) is 97.1 Å². The molecule has 1 heterocycles. The third kappa shape index (κ3) is 4.14. The van der Waals surface area contributed by atoms with E-state index < -0.39 is 0 Å². The van der Waals surface area contributed by atoms with Gasteiger partial charge in [0, 0.05) is 16.3 Å². The van der Waals surface area contributed by atoms with Crippen molar-refractivity contribution in [1.29, 1.82) is 5.41 Å². The van der Waals surface area contributed by atoms with Crippen LogP contribution < -0.4 is 5.73 Å². The van der Waals surface area contributed by atoms with E-state index in [4.69, 9.17) is 15.6 Å². The van der Waals surface area contributed by atoms with Crippen LogP contribution in [0.1, 0.15) is 5.56 Å². The van der Waals surface area contributed by atoms with Crippen LogP contribution in [0.5, 0.6) is 0 Å². The van der Waals surface area contributed by atoms with Crippen molar-refractivity contribution in [3.8, 4) is 44.5 Å². The second-order valence-corrected chi connectivity index (χ2v) is 9.98. The fraction of sp³-hybridized carbons (Fsp3) is 0. The van der Waals surface area contributed by atoms with Crippen molar-refractivity contribution < 1.29 is 4.42 Å². The van der Waals surface area contributed by atoms with Crippen LogP contribution in [0.15, 0.2) is 144 Å². The summed E-state index contributed by atoms with van der Waals surface area (Å²) < 4.78 is 6.16. The maximum atomic E-state index is 8.12. The molecule has 190 valence electrons. The van der Waals surface area contributed by atoms with E-state index >= 15 is 0 Å². The molecule has 0 unspecified atom stereocenters. The van der Waals surface area contributed by atoms with E-state index in [1.807, 2.05) is 42.5 Å². The van der Waals surface area contributed by atoms with E-state index in [0.29, 0.717) is 5.56 Å². The van der Waals surface area contributed by atoms with Gasteiger partial charge in [-0.2, -0.15) is 0 Å². The Hall–Kier alpha value is -5.41. The normalized spacial score (nSPS) is 11.2. The number of hydrogen-bond acceptors (Lipinski definition) is 2. The molecule has 0 aliphatic rings. The summed E-state index contributed by atoms with van der Waals surface area (Å²) in [6.07, 6.45) is 0. The molecule has 0 saturated heterocycles. The quantitative estimate of drug-likeness (QED) is 0.177. The molecular formula is C37H26N2O. The second-order valence-electron chi connectivity index (χ2n) is 9.98. The molecule has 0 radical (unpaired) electrons. The molecule has 0 fully saturated rings. The zero-order valence-corrected chi connectivity index (χ0v) is 21.8. The smallest absolute Gasteiger partial charge is 0.136 e. The number of nitrogens with one attached hydrogen (secondary N) is 1. The van der Waals surface area contributed by atoms with Gasteiger partial charge in [-0.3, -0.25) is 5.41 Å². The van der Waals surface area contributed by atoms with E-state index in [1.54, 1.807) is 0 Å². The minimum Gasteiger partial charge on any atom is -0.456 e. The molecule has 0 aliphatic carbocycles. The number of nitrogens with two attached hydrogens (primary N) is 1. The predicted octanol–water partition coefficient (Wildman–Crippen LogP) is 9.54. The number of nitrogen functional groups attached to an aromatic ring is 1. The van der Waals surface area contributed by atoms with Gasteiger partial charge in [-0.15, -0.1) is 0 Å². The molecular weight excluding hydrogens is 488 g/mol. The Morgan fingerprint density at radius 2 is 0.925 bits per heavy atom. The molecule has 6 aromatic carbocycles. The lowest BCUT2D eigenvalue weighted by Gasteiger charge is -2.12. The topological polar surface area (TPSA) is 63.0 Å². The van der Waals surface area contributed by atoms with Crippen molar-refractivity contribution in [3.63, 3.8) is 0 Å². The number of rotatable bonds is 5. The summed E-state index contributed by atoms with van der Waals surface area (Å²) in [7, 11) is 0. The molecule has 40 heavy (non-hydrogen) atoms. The highest BCUT2D eigenvalue weighted by Crippen LogP contribution is 2.39. The van der Waals surface area contributed by atoms with E-state index in [9.17, 15) is 0 Å². The Kier molecular flexibility index (Phi) is 5.76. The Balaban J connectivity index is 1.36. The number of amidine groups is 1. The van der Waals surface area contributed by atoms with Crippen LogP contribution in [-0.2, 0) is 0 Å². The standard InChI is InChI=1S/C37H26N2O/c38-37(39)32-14-8-16-34-36(32)35-31(13-7-15-33(35)40-34)27-19-17-26(18-20-27)30-22-28(24-9-3-1-4-10-24)21-29(23-30)25-11-5-2-6-12-25/h1-23H,(H3,38,39). The molecule has 3 N–H and O–H groups in total. The Morgan fingerprint density at radius 1 is 0.450 bits per heavy atom. The Labute approximate surface area is 232 Å². The zero-order valence-electron chi connectivity index (χ0n) is 21.8. The van der Waals surface area contributed by atoms with Crippen LogP contribution in [0.25, 0.3) is 66.4 Å². The number of benzene rings is 6. The summed E-state index contributed by atoms with van der Waals surface area (Å²) in [5.41, 5.74) is 17.4. The van der Waals surface area contributed by atoms with Gasteiger partial charge in [0.2, 0.25) is 0 Å². The van der Waals surface area contributed by atoms with Gasteiger partial charge in [-0.25, -0.2) is 0 Å². The van der Waals surface area contributed by atoms with Crippen LogP contribution in [0.4, 0.5) is 0 Å². The molecule has 0 atom stereocenters. The minimum atomic E-state index is 0.0333. The van der Waals surface area contributed by atoms with Crippen LogP contribution in [0, 0.1) is 5.41 Å².